The molecule has 0 spiro atoms. The molecule has 0 bridgehead atoms. The van der Waals surface area contributed by atoms with E-state index in [9.17, 15) is 9.18 Å². The van der Waals surface area contributed by atoms with Crippen molar-refractivity contribution in [3.63, 3.8) is 0 Å². The van der Waals surface area contributed by atoms with Crippen LogP contribution < -0.4 is 10.5 Å². The molecule has 0 saturated heterocycles. The van der Waals surface area contributed by atoms with Crippen LogP contribution in [0.15, 0.2) is 36.4 Å². The summed E-state index contributed by atoms with van der Waals surface area (Å²) in [4.78, 5) is 12.1. The van der Waals surface area contributed by atoms with E-state index in [1.807, 2.05) is 6.92 Å². The van der Waals surface area contributed by atoms with Crippen molar-refractivity contribution in [2.45, 2.75) is 13.5 Å². The van der Waals surface area contributed by atoms with Crippen LogP contribution in [0.2, 0.25) is 0 Å². The SMILES string of the molecule is COc1cccc(N)c1C(=O)OCc1cc(F)ccc1C. The van der Waals surface area contributed by atoms with Crippen LogP contribution in [0.25, 0.3) is 0 Å². The highest BCUT2D eigenvalue weighted by Crippen LogP contribution is 2.25. The van der Waals surface area contributed by atoms with Crippen molar-refractivity contribution in [1.29, 1.82) is 0 Å². The quantitative estimate of drug-likeness (QED) is 0.694. The first-order chi connectivity index (χ1) is 10.0. The number of rotatable bonds is 4. The van der Waals surface area contributed by atoms with Gasteiger partial charge in [0.1, 0.15) is 23.7 Å². The predicted molar refractivity (Wildman–Crippen MR) is 77.7 cm³/mol. The molecule has 0 aromatic heterocycles. The zero-order valence-electron chi connectivity index (χ0n) is 11.9. The van der Waals surface area contributed by atoms with Crippen molar-refractivity contribution in [2.75, 3.05) is 12.8 Å². The summed E-state index contributed by atoms with van der Waals surface area (Å²) in [7, 11) is 1.45. The first-order valence-electron chi connectivity index (χ1n) is 6.37. The summed E-state index contributed by atoms with van der Waals surface area (Å²) in [6, 6.07) is 9.23. The van der Waals surface area contributed by atoms with Crippen molar-refractivity contribution in [2.24, 2.45) is 0 Å². The normalized spacial score (nSPS) is 10.2. The fourth-order valence-electron chi connectivity index (χ4n) is 1.95. The molecule has 0 radical (unpaired) electrons. The lowest BCUT2D eigenvalue weighted by Gasteiger charge is -2.12. The molecule has 0 fully saturated rings. The fraction of sp³-hybridized carbons (Fsp3) is 0.188. The number of nitrogens with two attached hydrogens (primary N) is 1. The zero-order valence-corrected chi connectivity index (χ0v) is 11.9. The van der Waals surface area contributed by atoms with E-state index in [1.54, 1.807) is 24.3 Å². The third-order valence-electron chi connectivity index (χ3n) is 3.15. The molecule has 2 rings (SSSR count). The summed E-state index contributed by atoms with van der Waals surface area (Å²) in [6.07, 6.45) is 0. The Morgan fingerprint density at radius 1 is 1.29 bits per heavy atom. The number of nitrogen functional groups attached to an aromatic ring is 1. The molecule has 0 amide bonds. The number of benzene rings is 2. The van der Waals surface area contributed by atoms with E-state index >= 15 is 0 Å². The number of anilines is 1. The van der Waals surface area contributed by atoms with Gasteiger partial charge in [-0.3, -0.25) is 0 Å². The monoisotopic (exact) mass is 289 g/mol. The molecule has 2 N–H and O–H groups in total. The third kappa shape index (κ3) is 3.31. The second-order valence-electron chi connectivity index (χ2n) is 4.57. The van der Waals surface area contributed by atoms with Gasteiger partial charge in [0.15, 0.2) is 0 Å². The molecule has 0 atom stereocenters. The maximum atomic E-state index is 13.2. The van der Waals surface area contributed by atoms with Gasteiger partial charge in [0, 0.05) is 5.69 Å². The molecule has 0 unspecified atom stereocenters. The van der Waals surface area contributed by atoms with E-state index in [0.29, 0.717) is 11.3 Å². The largest absolute Gasteiger partial charge is 0.496 e. The van der Waals surface area contributed by atoms with Crippen LogP contribution in [0.1, 0.15) is 21.5 Å². The first kappa shape index (κ1) is 14.8. The number of esters is 1. The summed E-state index contributed by atoms with van der Waals surface area (Å²) in [6.45, 7) is 1.79. The van der Waals surface area contributed by atoms with E-state index < -0.39 is 5.97 Å². The zero-order chi connectivity index (χ0) is 15.4. The molecular formula is C16H16FNO3. The molecule has 110 valence electrons. The third-order valence-corrected chi connectivity index (χ3v) is 3.15. The Kier molecular flexibility index (Phi) is 4.42. The number of halogens is 1. The maximum Gasteiger partial charge on any atom is 0.344 e. The summed E-state index contributed by atoms with van der Waals surface area (Å²) in [5.41, 5.74) is 7.68. The summed E-state index contributed by atoms with van der Waals surface area (Å²) < 4.78 is 23.5. The molecule has 0 aliphatic carbocycles. The molecule has 0 aliphatic heterocycles. The molecule has 0 heterocycles. The highest BCUT2D eigenvalue weighted by Gasteiger charge is 2.17. The minimum atomic E-state index is -0.603. The summed E-state index contributed by atoms with van der Waals surface area (Å²) in [5, 5.41) is 0. The Morgan fingerprint density at radius 2 is 2.05 bits per heavy atom. The Bertz CT molecular complexity index is 671. The minimum Gasteiger partial charge on any atom is -0.496 e. The average molecular weight is 289 g/mol. The van der Waals surface area contributed by atoms with Gasteiger partial charge in [0.2, 0.25) is 0 Å². The van der Waals surface area contributed by atoms with Crippen LogP contribution in [0, 0.1) is 12.7 Å². The molecule has 21 heavy (non-hydrogen) atoms. The molecule has 4 nitrogen and oxygen atoms in total. The van der Waals surface area contributed by atoms with Gasteiger partial charge in [-0.1, -0.05) is 12.1 Å². The van der Waals surface area contributed by atoms with Gasteiger partial charge in [-0.25, -0.2) is 9.18 Å². The van der Waals surface area contributed by atoms with Gasteiger partial charge in [-0.05, 0) is 42.3 Å². The van der Waals surface area contributed by atoms with Crippen molar-refractivity contribution < 1.29 is 18.7 Å². The molecule has 2 aromatic carbocycles. The Morgan fingerprint density at radius 3 is 2.76 bits per heavy atom. The Labute approximate surface area is 122 Å². The van der Waals surface area contributed by atoms with Crippen molar-refractivity contribution in [3.8, 4) is 5.75 Å². The number of aryl methyl sites for hydroxylation is 1. The molecule has 0 saturated carbocycles. The van der Waals surface area contributed by atoms with E-state index in [1.165, 1.54) is 19.2 Å². The molecular weight excluding hydrogens is 273 g/mol. The van der Waals surface area contributed by atoms with Crippen LogP contribution in [0.3, 0.4) is 0 Å². The number of carbonyl (C=O) groups is 1. The van der Waals surface area contributed by atoms with Gasteiger partial charge in [0.05, 0.1) is 7.11 Å². The number of hydrogen-bond donors (Lipinski definition) is 1. The van der Waals surface area contributed by atoms with Gasteiger partial charge in [-0.15, -0.1) is 0 Å². The van der Waals surface area contributed by atoms with Gasteiger partial charge in [-0.2, -0.15) is 0 Å². The lowest BCUT2D eigenvalue weighted by Crippen LogP contribution is -2.10. The second-order valence-corrected chi connectivity index (χ2v) is 4.57. The number of carbonyl (C=O) groups excluding carboxylic acids is 1. The smallest absolute Gasteiger partial charge is 0.344 e. The second kappa shape index (κ2) is 6.26. The molecule has 2 aromatic rings. The van der Waals surface area contributed by atoms with Crippen LogP contribution in [-0.2, 0) is 11.3 Å². The standard InChI is InChI=1S/C16H16FNO3/c1-10-6-7-12(17)8-11(10)9-21-16(19)15-13(18)4-3-5-14(15)20-2/h3-8H,9,18H2,1-2H3. The van der Waals surface area contributed by atoms with E-state index in [-0.39, 0.29) is 23.7 Å². The van der Waals surface area contributed by atoms with Crippen LogP contribution in [0.5, 0.6) is 5.75 Å². The Hall–Kier alpha value is -2.56. The van der Waals surface area contributed by atoms with Crippen LogP contribution in [-0.4, -0.2) is 13.1 Å². The first-order valence-corrected chi connectivity index (χ1v) is 6.37. The lowest BCUT2D eigenvalue weighted by atomic mass is 10.1. The average Bonchev–Trinajstić information content (AvgIpc) is 2.47. The van der Waals surface area contributed by atoms with Crippen molar-refractivity contribution in [1.82, 2.24) is 0 Å². The van der Waals surface area contributed by atoms with Crippen molar-refractivity contribution >= 4 is 11.7 Å². The topological polar surface area (TPSA) is 61.5 Å². The summed E-state index contributed by atoms with van der Waals surface area (Å²) in [5.74, 6) is -0.631. The highest BCUT2D eigenvalue weighted by atomic mass is 19.1. The van der Waals surface area contributed by atoms with Crippen molar-refractivity contribution in [3.05, 3.63) is 58.9 Å². The maximum absolute atomic E-state index is 13.2. The van der Waals surface area contributed by atoms with Gasteiger partial charge < -0.3 is 15.2 Å². The van der Waals surface area contributed by atoms with Crippen LogP contribution >= 0.6 is 0 Å². The number of methoxy groups -OCH3 is 1. The predicted octanol–water partition coefficient (Wildman–Crippen LogP) is 3.08. The number of ether oxygens (including phenoxy) is 2. The van der Waals surface area contributed by atoms with Gasteiger partial charge >= 0.3 is 5.97 Å². The molecule has 5 heteroatoms. The van der Waals surface area contributed by atoms with E-state index in [0.717, 1.165) is 5.56 Å². The van der Waals surface area contributed by atoms with E-state index in [4.69, 9.17) is 15.2 Å². The highest BCUT2D eigenvalue weighted by molar-refractivity contribution is 5.98. The fourth-order valence-corrected chi connectivity index (χ4v) is 1.95. The Balaban J connectivity index is 2.17. The lowest BCUT2D eigenvalue weighted by molar-refractivity contribution is 0.0469. The van der Waals surface area contributed by atoms with Crippen LogP contribution in [0.4, 0.5) is 10.1 Å². The summed E-state index contributed by atoms with van der Waals surface area (Å²) >= 11 is 0. The number of hydrogen-bond acceptors (Lipinski definition) is 4. The molecule has 0 aliphatic rings. The minimum absolute atomic E-state index is 0.0279. The van der Waals surface area contributed by atoms with E-state index in [2.05, 4.69) is 0 Å². The van der Waals surface area contributed by atoms with Gasteiger partial charge in [0.25, 0.3) is 0 Å².